The van der Waals surface area contributed by atoms with E-state index in [0.717, 1.165) is 25.7 Å². The first-order chi connectivity index (χ1) is 8.63. The molecule has 0 heterocycles. The Morgan fingerprint density at radius 1 is 1.22 bits per heavy atom. The fraction of sp³-hybridized carbons (Fsp3) is 0.500. The van der Waals surface area contributed by atoms with Crippen LogP contribution < -0.4 is 4.74 Å². The van der Waals surface area contributed by atoms with Crippen LogP contribution >= 0.6 is 0 Å². The first-order valence-electron chi connectivity index (χ1n) is 6.16. The summed E-state index contributed by atoms with van der Waals surface area (Å²) in [5.41, 5.74) is 0. The van der Waals surface area contributed by atoms with Crippen molar-refractivity contribution in [3.05, 3.63) is 30.1 Å². The lowest BCUT2D eigenvalue weighted by atomic mass is 9.90. The minimum absolute atomic E-state index is 0.0289. The maximum absolute atomic E-state index is 12.2. The molecule has 0 radical (unpaired) electrons. The fourth-order valence-corrected chi connectivity index (χ4v) is 1.92. The summed E-state index contributed by atoms with van der Waals surface area (Å²) in [4.78, 5) is 10.4. The Hall–Kier alpha value is -1.58. The van der Waals surface area contributed by atoms with Crippen LogP contribution in [0.25, 0.3) is 0 Å². The molecule has 1 aromatic rings. The molecule has 1 fully saturated rings. The van der Waals surface area contributed by atoms with Crippen LogP contribution in [0.15, 0.2) is 24.3 Å². The summed E-state index contributed by atoms with van der Waals surface area (Å²) >= 11 is 0. The van der Waals surface area contributed by atoms with Crippen molar-refractivity contribution in [2.24, 2.45) is 5.92 Å². The Morgan fingerprint density at radius 2 is 1.78 bits per heavy atom. The summed E-state index contributed by atoms with van der Waals surface area (Å²) in [7, 11) is 1.55. The number of carboxylic acid groups (broad SMARTS) is 1. The summed E-state index contributed by atoms with van der Waals surface area (Å²) < 4.78 is 17.0. The molecule has 0 unspecified atom stereocenters. The van der Waals surface area contributed by atoms with Crippen LogP contribution in [0, 0.1) is 11.7 Å². The van der Waals surface area contributed by atoms with E-state index in [1.807, 2.05) is 0 Å². The normalized spacial score (nSPS) is 15.4. The SMILES string of the molecule is COc1ccc(F)cc1.O=C(O)C1CCCCC1. The second-order valence-corrected chi connectivity index (χ2v) is 4.33. The number of rotatable bonds is 2. The molecule has 0 amide bonds. The third-order valence-corrected chi connectivity index (χ3v) is 3.00. The first-order valence-corrected chi connectivity index (χ1v) is 6.16. The molecule has 0 aromatic heterocycles. The number of hydrogen-bond acceptors (Lipinski definition) is 2. The van der Waals surface area contributed by atoms with E-state index >= 15 is 0 Å². The van der Waals surface area contributed by atoms with Crippen LogP contribution in [-0.4, -0.2) is 18.2 Å². The van der Waals surface area contributed by atoms with Gasteiger partial charge in [-0.25, -0.2) is 4.39 Å². The Morgan fingerprint density at radius 3 is 2.17 bits per heavy atom. The first kappa shape index (κ1) is 14.5. The molecule has 1 N–H and O–H groups in total. The van der Waals surface area contributed by atoms with Gasteiger partial charge >= 0.3 is 5.97 Å². The van der Waals surface area contributed by atoms with E-state index in [0.29, 0.717) is 5.75 Å². The van der Waals surface area contributed by atoms with Crippen molar-refractivity contribution < 1.29 is 19.0 Å². The molecule has 0 saturated heterocycles. The predicted molar refractivity (Wildman–Crippen MR) is 67.2 cm³/mol. The maximum atomic E-state index is 12.2. The molecule has 18 heavy (non-hydrogen) atoms. The number of halogens is 1. The molecule has 1 aliphatic rings. The van der Waals surface area contributed by atoms with Crippen molar-refractivity contribution in [1.82, 2.24) is 0 Å². The molecule has 1 aliphatic carbocycles. The van der Waals surface area contributed by atoms with Crippen molar-refractivity contribution in [2.45, 2.75) is 32.1 Å². The molecule has 1 aromatic carbocycles. The van der Waals surface area contributed by atoms with Crippen LogP contribution in [0.5, 0.6) is 5.75 Å². The lowest BCUT2D eigenvalue weighted by Crippen LogP contribution is -2.16. The van der Waals surface area contributed by atoms with Crippen LogP contribution in [0.3, 0.4) is 0 Å². The molecule has 0 bridgehead atoms. The van der Waals surface area contributed by atoms with E-state index in [9.17, 15) is 9.18 Å². The molecular formula is C14H19FO3. The lowest BCUT2D eigenvalue weighted by molar-refractivity contribution is -0.142. The Kier molecular flexibility index (Phi) is 6.19. The average molecular weight is 254 g/mol. The quantitative estimate of drug-likeness (QED) is 0.878. The van der Waals surface area contributed by atoms with Crippen molar-refractivity contribution in [1.29, 1.82) is 0 Å². The Bertz CT molecular complexity index is 356. The second-order valence-electron chi connectivity index (χ2n) is 4.33. The number of methoxy groups -OCH3 is 1. The summed E-state index contributed by atoms with van der Waals surface area (Å²) in [6.07, 6.45) is 5.24. The highest BCUT2D eigenvalue weighted by Gasteiger charge is 2.19. The third kappa shape index (κ3) is 5.17. The van der Waals surface area contributed by atoms with Crippen molar-refractivity contribution in [3.63, 3.8) is 0 Å². The zero-order valence-electron chi connectivity index (χ0n) is 10.6. The van der Waals surface area contributed by atoms with Gasteiger partial charge in [0.1, 0.15) is 11.6 Å². The van der Waals surface area contributed by atoms with E-state index < -0.39 is 5.97 Å². The predicted octanol–water partition coefficient (Wildman–Crippen LogP) is 3.49. The molecule has 100 valence electrons. The van der Waals surface area contributed by atoms with Gasteiger partial charge in [-0.15, -0.1) is 0 Å². The Labute approximate surface area is 107 Å². The number of aliphatic carboxylic acids is 1. The van der Waals surface area contributed by atoms with Gasteiger partial charge in [0.25, 0.3) is 0 Å². The summed E-state index contributed by atoms with van der Waals surface area (Å²) in [6.45, 7) is 0. The van der Waals surface area contributed by atoms with E-state index in [-0.39, 0.29) is 11.7 Å². The van der Waals surface area contributed by atoms with Gasteiger partial charge in [-0.1, -0.05) is 19.3 Å². The highest BCUT2D eigenvalue weighted by atomic mass is 19.1. The monoisotopic (exact) mass is 254 g/mol. The van der Waals surface area contributed by atoms with Gasteiger partial charge in [-0.2, -0.15) is 0 Å². The highest BCUT2D eigenvalue weighted by molar-refractivity contribution is 5.69. The minimum atomic E-state index is -0.602. The molecule has 1 saturated carbocycles. The summed E-state index contributed by atoms with van der Waals surface area (Å²) in [5.74, 6) is -0.194. The van der Waals surface area contributed by atoms with Gasteiger partial charge in [-0.3, -0.25) is 4.79 Å². The number of carbonyl (C=O) groups is 1. The van der Waals surface area contributed by atoms with Crippen molar-refractivity contribution in [3.8, 4) is 5.75 Å². The molecule has 0 spiro atoms. The van der Waals surface area contributed by atoms with Crippen LogP contribution in [0.1, 0.15) is 32.1 Å². The lowest BCUT2D eigenvalue weighted by Gasteiger charge is -2.16. The second kappa shape index (κ2) is 7.69. The van der Waals surface area contributed by atoms with Crippen LogP contribution in [0.4, 0.5) is 4.39 Å². The topological polar surface area (TPSA) is 46.5 Å². The van der Waals surface area contributed by atoms with E-state index in [1.54, 1.807) is 19.2 Å². The van der Waals surface area contributed by atoms with Crippen LogP contribution in [-0.2, 0) is 4.79 Å². The van der Waals surface area contributed by atoms with E-state index in [4.69, 9.17) is 9.84 Å². The van der Waals surface area contributed by atoms with Gasteiger partial charge in [-0.05, 0) is 37.1 Å². The highest BCUT2D eigenvalue weighted by Crippen LogP contribution is 2.23. The molecule has 4 heteroatoms. The van der Waals surface area contributed by atoms with Gasteiger partial charge in [0.05, 0.1) is 13.0 Å². The largest absolute Gasteiger partial charge is 0.497 e. The molecular weight excluding hydrogens is 235 g/mol. The fourth-order valence-electron chi connectivity index (χ4n) is 1.92. The van der Waals surface area contributed by atoms with Crippen molar-refractivity contribution in [2.75, 3.05) is 7.11 Å². The molecule has 2 rings (SSSR count). The Balaban J connectivity index is 0.000000180. The zero-order chi connectivity index (χ0) is 13.4. The maximum Gasteiger partial charge on any atom is 0.306 e. The molecule has 0 atom stereocenters. The standard InChI is InChI=1S/C7H7FO.C7H12O2/c1-9-7-4-2-6(8)3-5-7;8-7(9)6-4-2-1-3-5-6/h2-5H,1H3;6H,1-5H2,(H,8,9). The summed E-state index contributed by atoms with van der Waals surface area (Å²) in [5, 5.41) is 8.54. The molecule has 0 aliphatic heterocycles. The number of benzene rings is 1. The number of carboxylic acids is 1. The number of ether oxygens (including phenoxy) is 1. The third-order valence-electron chi connectivity index (χ3n) is 3.00. The van der Waals surface area contributed by atoms with E-state index in [2.05, 4.69) is 0 Å². The van der Waals surface area contributed by atoms with Gasteiger partial charge < -0.3 is 9.84 Å². The van der Waals surface area contributed by atoms with Crippen LogP contribution in [0.2, 0.25) is 0 Å². The van der Waals surface area contributed by atoms with Gasteiger partial charge in [0.2, 0.25) is 0 Å². The van der Waals surface area contributed by atoms with E-state index in [1.165, 1.54) is 18.6 Å². The van der Waals surface area contributed by atoms with Gasteiger partial charge in [0.15, 0.2) is 0 Å². The summed E-state index contributed by atoms with van der Waals surface area (Å²) in [6, 6.07) is 5.88. The van der Waals surface area contributed by atoms with Gasteiger partial charge in [0, 0.05) is 0 Å². The number of hydrogen-bond donors (Lipinski definition) is 1. The van der Waals surface area contributed by atoms with Crippen molar-refractivity contribution >= 4 is 5.97 Å². The average Bonchev–Trinajstić information content (AvgIpc) is 2.41. The smallest absolute Gasteiger partial charge is 0.306 e. The minimum Gasteiger partial charge on any atom is -0.497 e. The zero-order valence-corrected chi connectivity index (χ0v) is 10.6. The molecule has 3 nitrogen and oxygen atoms in total.